The van der Waals surface area contributed by atoms with Gasteiger partial charge in [-0.2, -0.15) is 0 Å². The van der Waals surface area contributed by atoms with Crippen LogP contribution in [0.5, 0.6) is 5.75 Å². The molecular formula is C16H23Cl3N2O2. The highest BCUT2D eigenvalue weighted by atomic mass is 35.5. The molecule has 1 saturated heterocycles. The number of benzene rings is 1. The molecule has 1 amide bonds. The van der Waals surface area contributed by atoms with Crippen molar-refractivity contribution in [3.63, 3.8) is 0 Å². The van der Waals surface area contributed by atoms with E-state index in [1.165, 1.54) is 0 Å². The number of amides is 1. The Hall–Kier alpha value is -0.680. The van der Waals surface area contributed by atoms with Crippen LogP contribution in [0.4, 0.5) is 0 Å². The zero-order valence-electron chi connectivity index (χ0n) is 13.2. The van der Waals surface area contributed by atoms with Gasteiger partial charge in [-0.25, -0.2) is 0 Å². The summed E-state index contributed by atoms with van der Waals surface area (Å²) in [6.45, 7) is 4.74. The second-order valence-corrected chi connectivity index (χ2v) is 6.28. The fraction of sp³-hybridized carbons (Fsp3) is 0.562. The molecule has 1 fully saturated rings. The fourth-order valence-corrected chi connectivity index (χ4v) is 3.01. The lowest BCUT2D eigenvalue weighted by atomic mass is 10.0. The van der Waals surface area contributed by atoms with Crippen LogP contribution in [-0.2, 0) is 4.79 Å². The fourth-order valence-electron chi connectivity index (χ4n) is 2.68. The first-order valence-electron chi connectivity index (χ1n) is 7.70. The van der Waals surface area contributed by atoms with Gasteiger partial charge in [-0.05, 0) is 44.5 Å². The highest BCUT2D eigenvalue weighted by Gasteiger charge is 2.25. The molecule has 1 aromatic rings. The monoisotopic (exact) mass is 380 g/mol. The Kier molecular flexibility index (Phi) is 9.07. The summed E-state index contributed by atoms with van der Waals surface area (Å²) in [5.74, 6) is 0.453. The van der Waals surface area contributed by atoms with Crippen LogP contribution in [0.3, 0.4) is 0 Å². The van der Waals surface area contributed by atoms with E-state index in [0.29, 0.717) is 21.8 Å². The summed E-state index contributed by atoms with van der Waals surface area (Å²) in [5, 5.41) is 4.32. The number of piperidine rings is 1. The van der Waals surface area contributed by atoms with E-state index < -0.39 is 0 Å². The Morgan fingerprint density at radius 3 is 2.70 bits per heavy atom. The van der Waals surface area contributed by atoms with Gasteiger partial charge in [0.25, 0.3) is 5.91 Å². The molecule has 130 valence electrons. The smallest absolute Gasteiger partial charge is 0.260 e. The topological polar surface area (TPSA) is 41.6 Å². The van der Waals surface area contributed by atoms with Gasteiger partial charge in [0.2, 0.25) is 0 Å². The Labute approximate surface area is 153 Å². The largest absolute Gasteiger partial charge is 0.482 e. The van der Waals surface area contributed by atoms with Gasteiger partial charge in [0, 0.05) is 23.7 Å². The second kappa shape index (κ2) is 10.2. The Bertz CT molecular complexity index is 508. The third kappa shape index (κ3) is 6.03. The van der Waals surface area contributed by atoms with Crippen molar-refractivity contribution in [3.05, 3.63) is 28.2 Å². The van der Waals surface area contributed by atoms with E-state index in [-0.39, 0.29) is 24.9 Å². The Balaban J connectivity index is 0.00000264. The lowest BCUT2D eigenvalue weighted by molar-refractivity contribution is -0.136. The standard InChI is InChI=1S/C16H22Cl2N2O2.ClH/c1-2-9-20(13-5-7-19-8-6-13)16(21)11-22-15-10-12(17)3-4-14(15)18;/h3-4,10,13,19H,2,5-9,11H2,1H3;1H. The van der Waals surface area contributed by atoms with Crippen LogP contribution in [0.25, 0.3) is 0 Å². The molecule has 0 aliphatic carbocycles. The molecule has 1 aliphatic rings. The van der Waals surface area contributed by atoms with E-state index in [2.05, 4.69) is 12.2 Å². The molecule has 0 spiro atoms. The molecule has 0 radical (unpaired) electrons. The molecule has 7 heteroatoms. The average molecular weight is 382 g/mol. The van der Waals surface area contributed by atoms with Gasteiger partial charge in [-0.1, -0.05) is 30.1 Å². The first kappa shape index (κ1) is 20.4. The molecule has 0 saturated carbocycles. The van der Waals surface area contributed by atoms with Gasteiger partial charge in [0.05, 0.1) is 5.02 Å². The summed E-state index contributed by atoms with van der Waals surface area (Å²) in [4.78, 5) is 14.5. The Morgan fingerprint density at radius 1 is 1.35 bits per heavy atom. The first-order valence-corrected chi connectivity index (χ1v) is 8.45. The van der Waals surface area contributed by atoms with Gasteiger partial charge in [0.1, 0.15) is 5.75 Å². The minimum absolute atomic E-state index is 0. The summed E-state index contributed by atoms with van der Waals surface area (Å²) in [5.41, 5.74) is 0. The van der Waals surface area contributed by atoms with E-state index in [0.717, 1.165) is 38.9 Å². The predicted octanol–water partition coefficient (Wildman–Crippen LogP) is 3.78. The molecule has 23 heavy (non-hydrogen) atoms. The minimum atomic E-state index is -0.00993. The summed E-state index contributed by atoms with van der Waals surface area (Å²) in [6, 6.07) is 5.29. The van der Waals surface area contributed by atoms with Gasteiger partial charge in [0.15, 0.2) is 6.61 Å². The molecule has 0 atom stereocenters. The van der Waals surface area contributed by atoms with Crippen LogP contribution in [0.2, 0.25) is 10.0 Å². The summed E-state index contributed by atoms with van der Waals surface area (Å²) < 4.78 is 5.57. The van der Waals surface area contributed by atoms with Crippen molar-refractivity contribution in [1.29, 1.82) is 0 Å². The van der Waals surface area contributed by atoms with Gasteiger partial charge < -0.3 is 15.0 Å². The number of hydrogen-bond acceptors (Lipinski definition) is 3. The van der Waals surface area contributed by atoms with E-state index in [1.54, 1.807) is 18.2 Å². The maximum absolute atomic E-state index is 12.5. The molecule has 1 aromatic carbocycles. The van der Waals surface area contributed by atoms with Crippen LogP contribution in [0.15, 0.2) is 18.2 Å². The van der Waals surface area contributed by atoms with Crippen LogP contribution >= 0.6 is 35.6 Å². The number of carbonyl (C=O) groups excluding carboxylic acids is 1. The number of nitrogens with zero attached hydrogens (tertiary/aromatic N) is 1. The summed E-state index contributed by atoms with van der Waals surface area (Å²) in [7, 11) is 0. The number of halogens is 3. The molecule has 0 aromatic heterocycles. The zero-order valence-corrected chi connectivity index (χ0v) is 15.5. The van der Waals surface area contributed by atoms with Crippen LogP contribution in [0.1, 0.15) is 26.2 Å². The van der Waals surface area contributed by atoms with Crippen molar-refractivity contribution in [1.82, 2.24) is 10.2 Å². The summed E-state index contributed by atoms with van der Waals surface area (Å²) >= 11 is 12.0. The maximum Gasteiger partial charge on any atom is 0.260 e. The van der Waals surface area contributed by atoms with Gasteiger partial charge in [-0.3, -0.25) is 4.79 Å². The number of rotatable bonds is 6. The van der Waals surface area contributed by atoms with E-state index >= 15 is 0 Å². The molecular weight excluding hydrogens is 359 g/mol. The number of hydrogen-bond donors (Lipinski definition) is 1. The summed E-state index contributed by atoms with van der Waals surface area (Å²) in [6.07, 6.45) is 2.92. The zero-order chi connectivity index (χ0) is 15.9. The average Bonchev–Trinajstić information content (AvgIpc) is 2.54. The Morgan fingerprint density at radius 2 is 2.04 bits per heavy atom. The van der Waals surface area contributed by atoms with Gasteiger partial charge in [-0.15, -0.1) is 12.4 Å². The quantitative estimate of drug-likeness (QED) is 0.815. The molecule has 1 aliphatic heterocycles. The molecule has 1 N–H and O–H groups in total. The highest BCUT2D eigenvalue weighted by Crippen LogP contribution is 2.27. The van der Waals surface area contributed by atoms with E-state index in [9.17, 15) is 4.79 Å². The number of carbonyl (C=O) groups is 1. The highest BCUT2D eigenvalue weighted by molar-refractivity contribution is 6.34. The predicted molar refractivity (Wildman–Crippen MR) is 97.1 cm³/mol. The SMILES string of the molecule is CCCN(C(=O)COc1cc(Cl)ccc1Cl)C1CCNCC1.Cl. The molecule has 0 bridgehead atoms. The second-order valence-electron chi connectivity index (χ2n) is 5.43. The van der Waals surface area contributed by atoms with Crippen molar-refractivity contribution in [2.75, 3.05) is 26.2 Å². The van der Waals surface area contributed by atoms with Crippen molar-refractivity contribution in [3.8, 4) is 5.75 Å². The van der Waals surface area contributed by atoms with Crippen LogP contribution in [0, 0.1) is 0 Å². The normalized spacial score (nSPS) is 14.9. The molecule has 2 rings (SSSR count). The molecule has 1 heterocycles. The number of nitrogens with one attached hydrogen (secondary N) is 1. The van der Waals surface area contributed by atoms with Crippen LogP contribution in [-0.4, -0.2) is 43.1 Å². The van der Waals surface area contributed by atoms with Crippen molar-refractivity contribution < 1.29 is 9.53 Å². The van der Waals surface area contributed by atoms with Crippen LogP contribution < -0.4 is 10.1 Å². The van der Waals surface area contributed by atoms with Crippen molar-refractivity contribution in [2.24, 2.45) is 0 Å². The van der Waals surface area contributed by atoms with Crippen molar-refractivity contribution >= 4 is 41.5 Å². The third-order valence-electron chi connectivity index (χ3n) is 3.78. The molecule has 0 unspecified atom stereocenters. The maximum atomic E-state index is 12.5. The lowest BCUT2D eigenvalue weighted by Gasteiger charge is -2.34. The minimum Gasteiger partial charge on any atom is -0.482 e. The van der Waals surface area contributed by atoms with E-state index in [4.69, 9.17) is 27.9 Å². The molecule has 4 nitrogen and oxygen atoms in total. The van der Waals surface area contributed by atoms with Gasteiger partial charge >= 0.3 is 0 Å². The lowest BCUT2D eigenvalue weighted by Crippen LogP contribution is -2.48. The third-order valence-corrected chi connectivity index (χ3v) is 4.33. The van der Waals surface area contributed by atoms with Crippen molar-refractivity contribution in [2.45, 2.75) is 32.2 Å². The number of ether oxygens (including phenoxy) is 1. The van der Waals surface area contributed by atoms with E-state index in [1.807, 2.05) is 4.90 Å². The first-order chi connectivity index (χ1) is 10.6.